The van der Waals surface area contributed by atoms with Gasteiger partial charge in [0, 0.05) is 12.6 Å². The number of hydrogen-bond acceptors (Lipinski definition) is 5. The second kappa shape index (κ2) is 6.89. The van der Waals surface area contributed by atoms with Crippen molar-refractivity contribution in [3.05, 3.63) is 39.2 Å². The molecule has 2 rings (SSSR count). The van der Waals surface area contributed by atoms with Crippen LogP contribution in [0, 0.1) is 0 Å². The van der Waals surface area contributed by atoms with Crippen molar-refractivity contribution < 1.29 is 14.3 Å². The number of amides is 1. The maximum atomic E-state index is 11.7. The Morgan fingerprint density at radius 3 is 2.67 bits per heavy atom. The van der Waals surface area contributed by atoms with Gasteiger partial charge < -0.3 is 20.5 Å². The molecule has 0 saturated carbocycles. The van der Waals surface area contributed by atoms with Crippen LogP contribution in [0.3, 0.4) is 0 Å². The molecule has 1 aromatic carbocycles. The fraction of sp³-hybridized carbons (Fsp3) is 0.154. The highest BCUT2D eigenvalue weighted by atomic mass is 35.5. The summed E-state index contributed by atoms with van der Waals surface area (Å²) >= 11 is 12.9. The number of nitrogens with two attached hydrogens (primary N) is 1. The molecule has 0 spiro atoms. The highest BCUT2D eigenvalue weighted by Gasteiger charge is 2.11. The van der Waals surface area contributed by atoms with Gasteiger partial charge in [-0.25, -0.2) is 4.79 Å². The number of nitrogens with one attached hydrogen (secondary N) is 1. The van der Waals surface area contributed by atoms with Gasteiger partial charge in [0.2, 0.25) is 0 Å². The standard InChI is InChI=1S/C13H12Cl2N2O3S/c1-19-9-3-2-7(4-8(9)14)6-17-13(18)20-10-5-11(15)21-12(10)16/h2-5H,6,16H2,1H3,(H,17,18). The second-order valence-electron chi connectivity index (χ2n) is 3.99. The van der Waals surface area contributed by atoms with E-state index in [0.717, 1.165) is 16.9 Å². The van der Waals surface area contributed by atoms with E-state index in [1.807, 2.05) is 0 Å². The van der Waals surface area contributed by atoms with Crippen molar-refractivity contribution in [1.82, 2.24) is 5.32 Å². The largest absolute Gasteiger partial charge is 0.495 e. The van der Waals surface area contributed by atoms with Crippen LogP contribution in [0.5, 0.6) is 11.5 Å². The first-order valence-corrected chi connectivity index (χ1v) is 7.39. The third-order valence-corrected chi connectivity index (χ3v) is 3.92. The van der Waals surface area contributed by atoms with E-state index in [2.05, 4.69) is 5.32 Å². The van der Waals surface area contributed by atoms with Crippen LogP contribution in [0.4, 0.5) is 9.80 Å². The first kappa shape index (κ1) is 15.8. The summed E-state index contributed by atoms with van der Waals surface area (Å²) in [5, 5.41) is 3.41. The molecule has 3 N–H and O–H groups in total. The maximum Gasteiger partial charge on any atom is 0.412 e. The van der Waals surface area contributed by atoms with Crippen molar-refractivity contribution >= 4 is 45.6 Å². The third-order valence-electron chi connectivity index (χ3n) is 2.55. The Hall–Kier alpha value is -1.63. The van der Waals surface area contributed by atoms with E-state index < -0.39 is 6.09 Å². The lowest BCUT2D eigenvalue weighted by atomic mass is 10.2. The zero-order valence-corrected chi connectivity index (χ0v) is 13.3. The van der Waals surface area contributed by atoms with Gasteiger partial charge >= 0.3 is 6.09 Å². The van der Waals surface area contributed by atoms with Gasteiger partial charge in [-0.2, -0.15) is 0 Å². The van der Waals surface area contributed by atoms with Crippen LogP contribution in [-0.4, -0.2) is 13.2 Å². The molecule has 2 aromatic rings. The van der Waals surface area contributed by atoms with E-state index in [-0.39, 0.29) is 12.3 Å². The summed E-state index contributed by atoms with van der Waals surface area (Å²) in [6.07, 6.45) is -0.622. The van der Waals surface area contributed by atoms with Gasteiger partial charge in [-0.1, -0.05) is 29.3 Å². The highest BCUT2D eigenvalue weighted by molar-refractivity contribution is 7.20. The van der Waals surface area contributed by atoms with Gasteiger partial charge in [0.25, 0.3) is 0 Å². The molecule has 1 aromatic heterocycles. The number of carbonyl (C=O) groups excluding carboxylic acids is 1. The van der Waals surface area contributed by atoms with Gasteiger partial charge in [-0.05, 0) is 17.7 Å². The number of halogens is 2. The number of thiophene rings is 1. The quantitative estimate of drug-likeness (QED) is 0.879. The van der Waals surface area contributed by atoms with Gasteiger partial charge in [0.05, 0.1) is 16.5 Å². The smallest absolute Gasteiger partial charge is 0.412 e. The van der Waals surface area contributed by atoms with Crippen LogP contribution in [-0.2, 0) is 6.54 Å². The number of hydrogen-bond donors (Lipinski definition) is 2. The molecular weight excluding hydrogens is 335 g/mol. The second-order valence-corrected chi connectivity index (χ2v) is 6.11. The third kappa shape index (κ3) is 4.17. The van der Waals surface area contributed by atoms with Crippen molar-refractivity contribution in [2.24, 2.45) is 0 Å². The molecular formula is C13H12Cl2N2O3S. The first-order chi connectivity index (χ1) is 9.99. The Morgan fingerprint density at radius 1 is 1.33 bits per heavy atom. The predicted molar refractivity (Wildman–Crippen MR) is 84.6 cm³/mol. The molecule has 0 atom stereocenters. The molecule has 1 heterocycles. The number of methoxy groups -OCH3 is 1. The van der Waals surface area contributed by atoms with Crippen molar-refractivity contribution in [1.29, 1.82) is 0 Å². The van der Waals surface area contributed by atoms with E-state index in [4.69, 9.17) is 38.4 Å². The summed E-state index contributed by atoms with van der Waals surface area (Å²) in [6.45, 7) is 0.264. The summed E-state index contributed by atoms with van der Waals surface area (Å²) in [5.74, 6) is 0.818. The lowest BCUT2D eigenvalue weighted by molar-refractivity contribution is 0.200. The van der Waals surface area contributed by atoms with Crippen LogP contribution in [0.25, 0.3) is 0 Å². The number of ether oxygens (including phenoxy) is 2. The monoisotopic (exact) mass is 346 g/mol. The van der Waals surface area contributed by atoms with Crippen molar-refractivity contribution in [2.75, 3.05) is 12.8 Å². The molecule has 0 saturated heterocycles. The Morgan fingerprint density at radius 2 is 2.10 bits per heavy atom. The van der Waals surface area contributed by atoms with Crippen molar-refractivity contribution in [3.8, 4) is 11.5 Å². The number of rotatable bonds is 4. The Balaban J connectivity index is 1.92. The molecule has 5 nitrogen and oxygen atoms in total. The molecule has 0 fully saturated rings. The number of anilines is 1. The molecule has 0 unspecified atom stereocenters. The topological polar surface area (TPSA) is 73.6 Å². The van der Waals surface area contributed by atoms with Gasteiger partial charge in [0.15, 0.2) is 5.75 Å². The normalized spacial score (nSPS) is 10.2. The van der Waals surface area contributed by atoms with Crippen LogP contribution in [0.2, 0.25) is 9.36 Å². The molecule has 1 amide bonds. The van der Waals surface area contributed by atoms with Gasteiger partial charge in [-0.15, -0.1) is 11.3 Å². The molecule has 0 aliphatic rings. The Labute approximate surface area is 135 Å². The molecule has 112 valence electrons. The number of benzene rings is 1. The molecule has 21 heavy (non-hydrogen) atoms. The van der Waals surface area contributed by atoms with Crippen molar-refractivity contribution in [2.45, 2.75) is 6.54 Å². The summed E-state index contributed by atoms with van der Waals surface area (Å²) < 4.78 is 10.6. The van der Waals surface area contributed by atoms with Crippen LogP contribution < -0.4 is 20.5 Å². The molecule has 0 aliphatic carbocycles. The fourth-order valence-electron chi connectivity index (χ4n) is 1.57. The minimum absolute atomic E-state index is 0.246. The number of nitrogen functional groups attached to an aromatic ring is 1. The summed E-state index contributed by atoms with van der Waals surface area (Å²) in [7, 11) is 1.53. The Kier molecular flexibility index (Phi) is 5.17. The molecule has 8 heteroatoms. The average molecular weight is 347 g/mol. The first-order valence-electron chi connectivity index (χ1n) is 5.82. The fourth-order valence-corrected chi connectivity index (χ4v) is 2.77. The lowest BCUT2D eigenvalue weighted by Crippen LogP contribution is -2.26. The van der Waals surface area contributed by atoms with E-state index in [1.54, 1.807) is 18.2 Å². The Bertz CT molecular complexity index is 661. The minimum Gasteiger partial charge on any atom is -0.495 e. The summed E-state index contributed by atoms with van der Waals surface area (Å²) in [4.78, 5) is 11.7. The van der Waals surface area contributed by atoms with E-state index in [1.165, 1.54) is 13.2 Å². The van der Waals surface area contributed by atoms with E-state index in [0.29, 0.717) is 20.1 Å². The molecule has 0 bridgehead atoms. The van der Waals surface area contributed by atoms with Crippen LogP contribution >= 0.6 is 34.5 Å². The number of carbonyl (C=O) groups is 1. The van der Waals surface area contributed by atoms with Crippen LogP contribution in [0.1, 0.15) is 5.56 Å². The molecule has 0 aliphatic heterocycles. The molecule has 0 radical (unpaired) electrons. The summed E-state index contributed by atoms with van der Waals surface area (Å²) in [5.41, 5.74) is 6.46. The van der Waals surface area contributed by atoms with Gasteiger partial charge in [-0.3, -0.25) is 0 Å². The van der Waals surface area contributed by atoms with Gasteiger partial charge in [0.1, 0.15) is 10.8 Å². The van der Waals surface area contributed by atoms with E-state index in [9.17, 15) is 4.79 Å². The van der Waals surface area contributed by atoms with E-state index >= 15 is 0 Å². The summed E-state index contributed by atoms with van der Waals surface area (Å²) in [6, 6.07) is 6.71. The minimum atomic E-state index is -0.622. The van der Waals surface area contributed by atoms with Crippen LogP contribution in [0.15, 0.2) is 24.3 Å². The highest BCUT2D eigenvalue weighted by Crippen LogP contribution is 2.35. The average Bonchev–Trinajstić information content (AvgIpc) is 2.74. The SMILES string of the molecule is COc1ccc(CNC(=O)Oc2cc(Cl)sc2N)cc1Cl. The zero-order chi connectivity index (χ0) is 15.4. The predicted octanol–water partition coefficient (Wildman–Crippen LogP) is 3.93. The lowest BCUT2D eigenvalue weighted by Gasteiger charge is -2.08. The maximum absolute atomic E-state index is 11.7. The zero-order valence-electron chi connectivity index (χ0n) is 11.0. The van der Waals surface area contributed by atoms with Crippen molar-refractivity contribution in [3.63, 3.8) is 0 Å².